The first-order chi connectivity index (χ1) is 20.9. The summed E-state index contributed by atoms with van der Waals surface area (Å²) in [7, 11) is 0. The Labute approximate surface area is 260 Å². The molecule has 2 amide bonds. The molecular weight excluding hydrogens is 546 g/mol. The fraction of sp³-hybridized carbons (Fsp3) is 0.839. The van der Waals surface area contributed by atoms with Crippen LogP contribution in [-0.2, 0) is 22.7 Å². The maximum Gasteiger partial charge on any atom is 0.348 e. The molecule has 1 aromatic heterocycles. The summed E-state index contributed by atoms with van der Waals surface area (Å²) in [6.45, 7) is 17.5. The summed E-state index contributed by atoms with van der Waals surface area (Å²) < 4.78 is 0. The quantitative estimate of drug-likeness (QED) is 0.0904. The standard InChI is InChI=1S/C31H61N9O3/c1-5-9-17-39(18-10-6-2)21-13-15-32-25-29(41)34-23-27-36-28(38-31(43)37-27)24-35-30(42)26-33-16-14-22-40(19-11-7-3)20-12-8-4/h32-33H,5-26H2,1-4H3,(H,34,41)(H,35,42)(H,36,37,38,43). The fourth-order valence-electron chi connectivity index (χ4n) is 4.58. The van der Waals surface area contributed by atoms with Crippen molar-refractivity contribution < 1.29 is 9.59 Å². The Morgan fingerprint density at radius 3 is 1.49 bits per heavy atom. The van der Waals surface area contributed by atoms with E-state index in [2.05, 4.69) is 73.7 Å². The van der Waals surface area contributed by atoms with Crippen LogP contribution in [0.5, 0.6) is 0 Å². The van der Waals surface area contributed by atoms with Crippen molar-refractivity contribution in [3.63, 3.8) is 0 Å². The second kappa shape index (κ2) is 26.0. The molecule has 43 heavy (non-hydrogen) atoms. The zero-order valence-corrected chi connectivity index (χ0v) is 27.6. The van der Waals surface area contributed by atoms with Gasteiger partial charge in [-0.25, -0.2) is 9.78 Å². The normalized spacial score (nSPS) is 11.4. The molecule has 0 aliphatic heterocycles. The van der Waals surface area contributed by atoms with Gasteiger partial charge in [-0.2, -0.15) is 4.98 Å². The van der Waals surface area contributed by atoms with Gasteiger partial charge in [0.05, 0.1) is 26.2 Å². The molecule has 12 heteroatoms. The molecule has 0 aliphatic rings. The number of aromatic nitrogens is 3. The van der Waals surface area contributed by atoms with Crippen molar-refractivity contribution in [1.29, 1.82) is 0 Å². The third-order valence-electron chi connectivity index (χ3n) is 7.18. The molecule has 0 spiro atoms. The third-order valence-corrected chi connectivity index (χ3v) is 7.18. The molecule has 1 aromatic rings. The smallest absolute Gasteiger partial charge is 0.348 e. The Kier molecular flexibility index (Phi) is 23.4. The highest BCUT2D eigenvalue weighted by Gasteiger charge is 2.09. The highest BCUT2D eigenvalue weighted by atomic mass is 16.2. The lowest BCUT2D eigenvalue weighted by Crippen LogP contribution is -2.37. The van der Waals surface area contributed by atoms with E-state index in [0.717, 1.165) is 65.2 Å². The van der Waals surface area contributed by atoms with Gasteiger partial charge in [0, 0.05) is 0 Å². The Hall–Kier alpha value is -2.41. The summed E-state index contributed by atoms with van der Waals surface area (Å²) in [5, 5.41) is 11.9. The van der Waals surface area contributed by atoms with Crippen LogP contribution < -0.4 is 27.0 Å². The van der Waals surface area contributed by atoms with Gasteiger partial charge in [-0.05, 0) is 90.9 Å². The molecule has 0 bridgehead atoms. The van der Waals surface area contributed by atoms with E-state index in [9.17, 15) is 14.4 Å². The Morgan fingerprint density at radius 1 is 0.628 bits per heavy atom. The Bertz CT molecular complexity index is 829. The number of rotatable bonds is 28. The van der Waals surface area contributed by atoms with Crippen LogP contribution in [0.4, 0.5) is 0 Å². The number of nitrogens with one attached hydrogen (secondary N) is 5. The van der Waals surface area contributed by atoms with Crippen molar-refractivity contribution in [3.05, 3.63) is 22.1 Å². The number of hydrogen-bond acceptors (Lipinski definition) is 9. The molecule has 1 heterocycles. The molecular formula is C31H61N9O3. The van der Waals surface area contributed by atoms with Crippen LogP contribution in [0, 0.1) is 0 Å². The number of aromatic amines is 1. The maximum atomic E-state index is 12.3. The van der Waals surface area contributed by atoms with Gasteiger partial charge < -0.3 is 31.1 Å². The van der Waals surface area contributed by atoms with Crippen LogP contribution in [0.25, 0.3) is 0 Å². The van der Waals surface area contributed by atoms with E-state index in [4.69, 9.17) is 0 Å². The van der Waals surface area contributed by atoms with E-state index in [1.54, 1.807) is 0 Å². The first-order valence-corrected chi connectivity index (χ1v) is 16.8. The number of H-pyrrole nitrogens is 1. The van der Waals surface area contributed by atoms with Gasteiger partial charge in [-0.1, -0.05) is 53.4 Å². The molecule has 0 atom stereocenters. The molecule has 0 aliphatic carbocycles. The minimum atomic E-state index is -0.564. The van der Waals surface area contributed by atoms with Gasteiger partial charge in [0.2, 0.25) is 11.8 Å². The molecule has 248 valence electrons. The molecule has 0 saturated heterocycles. The number of unbranched alkanes of at least 4 members (excludes halogenated alkanes) is 4. The minimum absolute atomic E-state index is 0.0439. The predicted molar refractivity (Wildman–Crippen MR) is 174 cm³/mol. The van der Waals surface area contributed by atoms with Crippen molar-refractivity contribution >= 4 is 11.8 Å². The minimum Gasteiger partial charge on any atom is -0.348 e. The number of nitrogens with zero attached hydrogens (tertiary/aromatic N) is 4. The SMILES string of the molecule is CCCCN(CCCC)CCCNCC(=O)NCc1nc(CNC(=O)CNCCCN(CCCC)CCCC)[nH]c(=O)n1. The largest absolute Gasteiger partial charge is 0.348 e. The fourth-order valence-corrected chi connectivity index (χ4v) is 4.58. The van der Waals surface area contributed by atoms with Crippen LogP contribution >= 0.6 is 0 Å². The van der Waals surface area contributed by atoms with Crippen molar-refractivity contribution in [3.8, 4) is 0 Å². The molecule has 5 N–H and O–H groups in total. The molecule has 0 aromatic carbocycles. The summed E-state index contributed by atoms with van der Waals surface area (Å²) >= 11 is 0. The monoisotopic (exact) mass is 607 g/mol. The van der Waals surface area contributed by atoms with Crippen LogP contribution in [0.3, 0.4) is 0 Å². The van der Waals surface area contributed by atoms with Gasteiger partial charge in [-0.3, -0.25) is 14.6 Å². The molecule has 0 saturated carbocycles. The van der Waals surface area contributed by atoms with Crippen LogP contribution in [0.2, 0.25) is 0 Å². The van der Waals surface area contributed by atoms with Gasteiger partial charge in [0.1, 0.15) is 5.82 Å². The second-order valence-corrected chi connectivity index (χ2v) is 11.2. The average molecular weight is 608 g/mol. The molecule has 0 radical (unpaired) electrons. The van der Waals surface area contributed by atoms with Crippen LogP contribution in [0.15, 0.2) is 4.79 Å². The molecule has 0 unspecified atom stereocenters. The zero-order chi connectivity index (χ0) is 31.5. The summed E-state index contributed by atoms with van der Waals surface area (Å²) in [5.41, 5.74) is -0.564. The summed E-state index contributed by atoms with van der Waals surface area (Å²) in [6, 6.07) is 0. The third kappa shape index (κ3) is 21.0. The topological polar surface area (TPSA) is 147 Å². The average Bonchev–Trinajstić information content (AvgIpc) is 3.00. The Balaban J connectivity index is 2.29. The van der Waals surface area contributed by atoms with Crippen molar-refractivity contribution in [2.45, 2.75) is 105 Å². The van der Waals surface area contributed by atoms with Crippen LogP contribution in [0.1, 0.15) is 104 Å². The molecule has 0 fully saturated rings. The van der Waals surface area contributed by atoms with Gasteiger partial charge >= 0.3 is 5.69 Å². The van der Waals surface area contributed by atoms with E-state index in [1.165, 1.54) is 51.4 Å². The van der Waals surface area contributed by atoms with Gasteiger partial charge in [0.25, 0.3) is 0 Å². The lowest BCUT2D eigenvalue weighted by atomic mass is 10.2. The number of carbonyl (C=O) groups is 2. The van der Waals surface area contributed by atoms with E-state index in [0.29, 0.717) is 5.82 Å². The molecule has 1 rings (SSSR count). The predicted octanol–water partition coefficient (Wildman–Crippen LogP) is 2.16. The number of hydrogen-bond donors (Lipinski definition) is 5. The zero-order valence-electron chi connectivity index (χ0n) is 27.6. The van der Waals surface area contributed by atoms with E-state index in [-0.39, 0.29) is 43.8 Å². The van der Waals surface area contributed by atoms with Gasteiger partial charge in [-0.15, -0.1) is 0 Å². The lowest BCUT2D eigenvalue weighted by Gasteiger charge is -2.21. The van der Waals surface area contributed by atoms with Gasteiger partial charge in [0.15, 0.2) is 5.82 Å². The number of carbonyl (C=O) groups excluding carboxylic acids is 2. The summed E-state index contributed by atoms with van der Waals surface area (Å²) in [4.78, 5) is 52.2. The lowest BCUT2D eigenvalue weighted by molar-refractivity contribution is -0.121. The first kappa shape index (κ1) is 38.6. The van der Waals surface area contributed by atoms with E-state index >= 15 is 0 Å². The molecule has 12 nitrogen and oxygen atoms in total. The first-order valence-electron chi connectivity index (χ1n) is 16.8. The van der Waals surface area contributed by atoms with Crippen molar-refractivity contribution in [1.82, 2.24) is 46.0 Å². The van der Waals surface area contributed by atoms with E-state index in [1.807, 2.05) is 0 Å². The van der Waals surface area contributed by atoms with Crippen molar-refractivity contribution in [2.75, 3.05) is 65.4 Å². The summed E-state index contributed by atoms with van der Waals surface area (Å²) in [6.07, 6.45) is 11.6. The highest BCUT2D eigenvalue weighted by molar-refractivity contribution is 5.78. The van der Waals surface area contributed by atoms with Crippen molar-refractivity contribution in [2.24, 2.45) is 0 Å². The second-order valence-electron chi connectivity index (χ2n) is 11.2. The highest BCUT2D eigenvalue weighted by Crippen LogP contribution is 2.01. The van der Waals surface area contributed by atoms with Crippen LogP contribution in [-0.4, -0.2) is 102 Å². The number of amides is 2. The van der Waals surface area contributed by atoms with E-state index < -0.39 is 5.69 Å². The summed E-state index contributed by atoms with van der Waals surface area (Å²) in [5.74, 6) is 0.150. The maximum absolute atomic E-state index is 12.3. The Morgan fingerprint density at radius 2 is 1.05 bits per heavy atom.